The monoisotopic (exact) mass is 296 g/mol. The zero-order valence-corrected chi connectivity index (χ0v) is 12.8. The van der Waals surface area contributed by atoms with Crippen LogP contribution in [0.5, 0.6) is 0 Å². The molecule has 0 spiro atoms. The molecule has 3 N–H and O–H groups in total. The van der Waals surface area contributed by atoms with Crippen LogP contribution in [0.25, 0.3) is 0 Å². The lowest BCUT2D eigenvalue weighted by Crippen LogP contribution is -2.46. The Morgan fingerprint density at radius 1 is 1.50 bits per heavy atom. The summed E-state index contributed by atoms with van der Waals surface area (Å²) in [6.45, 7) is 3.20. The summed E-state index contributed by atoms with van der Waals surface area (Å²) in [4.78, 5) is 11.8. The van der Waals surface area contributed by atoms with E-state index in [1.807, 2.05) is 16.8 Å². The summed E-state index contributed by atoms with van der Waals surface area (Å²) >= 11 is 1.54. The van der Waals surface area contributed by atoms with Gasteiger partial charge in [-0.2, -0.15) is 11.3 Å². The van der Waals surface area contributed by atoms with Gasteiger partial charge in [0.25, 0.3) is 0 Å². The largest absolute Gasteiger partial charge is 0.387 e. The minimum atomic E-state index is -0.625. The number of aliphatic hydroxyl groups is 1. The Morgan fingerprint density at radius 2 is 2.30 bits per heavy atom. The molecule has 1 saturated carbocycles. The maximum atomic E-state index is 11.8. The van der Waals surface area contributed by atoms with Crippen molar-refractivity contribution in [1.82, 2.24) is 10.6 Å². The molecule has 1 aliphatic rings. The van der Waals surface area contributed by atoms with Crippen molar-refractivity contribution in [2.45, 2.75) is 45.1 Å². The van der Waals surface area contributed by atoms with Gasteiger partial charge in [0.2, 0.25) is 0 Å². The predicted molar refractivity (Wildman–Crippen MR) is 81.9 cm³/mol. The van der Waals surface area contributed by atoms with Gasteiger partial charge in [-0.15, -0.1) is 0 Å². The van der Waals surface area contributed by atoms with Crippen LogP contribution >= 0.6 is 11.3 Å². The first kappa shape index (κ1) is 15.3. The lowest BCUT2D eigenvalue weighted by atomic mass is 9.66. The minimum Gasteiger partial charge on any atom is -0.387 e. The first-order valence-electron chi connectivity index (χ1n) is 7.37. The number of thiophene rings is 1. The van der Waals surface area contributed by atoms with Crippen LogP contribution in [0.4, 0.5) is 4.79 Å². The Bertz CT molecular complexity index is 416. The molecule has 5 heteroatoms. The summed E-state index contributed by atoms with van der Waals surface area (Å²) in [6, 6.07) is 1.70. The van der Waals surface area contributed by atoms with Crippen molar-refractivity contribution in [3.8, 4) is 0 Å². The van der Waals surface area contributed by atoms with Crippen LogP contribution in [0.1, 0.15) is 50.7 Å². The number of carbonyl (C=O) groups is 1. The molecule has 2 rings (SSSR count). The Hall–Kier alpha value is -1.07. The van der Waals surface area contributed by atoms with Gasteiger partial charge in [0.1, 0.15) is 0 Å². The lowest BCUT2D eigenvalue weighted by molar-refractivity contribution is 0.117. The number of urea groups is 1. The maximum absolute atomic E-state index is 11.8. The molecule has 0 aromatic carbocycles. The van der Waals surface area contributed by atoms with Gasteiger partial charge in [0, 0.05) is 13.1 Å². The molecule has 0 aliphatic heterocycles. The van der Waals surface area contributed by atoms with Gasteiger partial charge in [-0.3, -0.25) is 0 Å². The molecule has 112 valence electrons. The third-order valence-electron chi connectivity index (χ3n) is 4.20. The summed E-state index contributed by atoms with van der Waals surface area (Å²) in [5, 5.41) is 19.4. The second-order valence-electron chi connectivity index (χ2n) is 5.74. The summed E-state index contributed by atoms with van der Waals surface area (Å²) in [5.41, 5.74) is 1.19. The van der Waals surface area contributed by atoms with Crippen LogP contribution in [0.15, 0.2) is 16.8 Å². The Balaban J connectivity index is 1.68. The van der Waals surface area contributed by atoms with Crippen LogP contribution in [0.3, 0.4) is 0 Å². The molecule has 4 nitrogen and oxygen atoms in total. The third-order valence-corrected chi connectivity index (χ3v) is 4.90. The number of rotatable bonds is 7. The van der Waals surface area contributed by atoms with Crippen molar-refractivity contribution < 1.29 is 9.90 Å². The summed E-state index contributed by atoms with van der Waals surface area (Å²) < 4.78 is 0. The number of hydrogen-bond donors (Lipinski definition) is 3. The molecule has 20 heavy (non-hydrogen) atoms. The number of aliphatic hydroxyl groups excluding tert-OH is 1. The van der Waals surface area contributed by atoms with E-state index in [0.717, 1.165) is 12.1 Å². The van der Waals surface area contributed by atoms with E-state index in [1.54, 1.807) is 11.3 Å². The first-order chi connectivity index (χ1) is 9.65. The van der Waals surface area contributed by atoms with Crippen LogP contribution < -0.4 is 10.6 Å². The fraction of sp³-hybridized carbons (Fsp3) is 0.667. The summed E-state index contributed by atoms with van der Waals surface area (Å²) in [6.07, 6.45) is 5.45. The van der Waals surface area contributed by atoms with E-state index in [1.165, 1.54) is 32.1 Å². The zero-order chi connectivity index (χ0) is 14.4. The molecule has 1 aromatic heterocycles. The lowest BCUT2D eigenvalue weighted by Gasteiger charge is -2.42. The fourth-order valence-electron chi connectivity index (χ4n) is 2.82. The fourth-order valence-corrected chi connectivity index (χ4v) is 3.53. The molecule has 1 heterocycles. The third kappa shape index (κ3) is 3.96. The highest BCUT2D eigenvalue weighted by Gasteiger charge is 2.35. The van der Waals surface area contributed by atoms with Crippen LogP contribution in [-0.4, -0.2) is 24.2 Å². The van der Waals surface area contributed by atoms with Crippen LogP contribution in [-0.2, 0) is 0 Å². The van der Waals surface area contributed by atoms with E-state index < -0.39 is 6.10 Å². The Kier molecular flexibility index (Phi) is 5.43. The molecular weight excluding hydrogens is 272 g/mol. The van der Waals surface area contributed by atoms with Crippen molar-refractivity contribution in [1.29, 1.82) is 0 Å². The normalized spacial score (nSPS) is 18.1. The van der Waals surface area contributed by atoms with Crippen molar-refractivity contribution in [3.63, 3.8) is 0 Å². The van der Waals surface area contributed by atoms with E-state index >= 15 is 0 Å². The van der Waals surface area contributed by atoms with Crippen molar-refractivity contribution in [2.24, 2.45) is 5.41 Å². The molecule has 1 aliphatic carbocycles. The standard InChI is InChI=1S/C15H24N2O2S/c1-2-5-15(6-3-7-15)11-17-14(19)16-9-13(18)12-4-8-20-10-12/h4,8,10,13,18H,2-3,5-7,9,11H2,1H3,(H2,16,17,19). The molecular formula is C15H24N2O2S. The van der Waals surface area contributed by atoms with E-state index in [2.05, 4.69) is 17.6 Å². The molecule has 1 atom stereocenters. The average molecular weight is 296 g/mol. The quantitative estimate of drug-likeness (QED) is 0.724. The van der Waals surface area contributed by atoms with Gasteiger partial charge in [-0.1, -0.05) is 19.8 Å². The number of nitrogens with one attached hydrogen (secondary N) is 2. The van der Waals surface area contributed by atoms with Gasteiger partial charge >= 0.3 is 6.03 Å². The molecule has 1 aromatic rings. The average Bonchev–Trinajstić information content (AvgIpc) is 2.93. The molecule has 1 unspecified atom stereocenters. The smallest absolute Gasteiger partial charge is 0.314 e. The number of hydrogen-bond acceptors (Lipinski definition) is 3. The highest BCUT2D eigenvalue weighted by atomic mass is 32.1. The Labute approximate surface area is 124 Å². The zero-order valence-electron chi connectivity index (χ0n) is 12.0. The van der Waals surface area contributed by atoms with E-state index in [0.29, 0.717) is 5.41 Å². The Morgan fingerprint density at radius 3 is 2.85 bits per heavy atom. The highest BCUT2D eigenvalue weighted by Crippen LogP contribution is 2.44. The van der Waals surface area contributed by atoms with E-state index in [-0.39, 0.29) is 12.6 Å². The van der Waals surface area contributed by atoms with Crippen molar-refractivity contribution in [2.75, 3.05) is 13.1 Å². The molecule has 2 amide bonds. The minimum absolute atomic E-state index is 0.179. The van der Waals surface area contributed by atoms with Gasteiger partial charge < -0.3 is 15.7 Å². The first-order valence-corrected chi connectivity index (χ1v) is 8.31. The van der Waals surface area contributed by atoms with Gasteiger partial charge in [0.15, 0.2) is 0 Å². The van der Waals surface area contributed by atoms with Crippen LogP contribution in [0.2, 0.25) is 0 Å². The van der Waals surface area contributed by atoms with Gasteiger partial charge in [-0.25, -0.2) is 4.79 Å². The van der Waals surface area contributed by atoms with Crippen LogP contribution in [0, 0.1) is 5.41 Å². The van der Waals surface area contributed by atoms with Crippen molar-refractivity contribution >= 4 is 17.4 Å². The van der Waals surface area contributed by atoms with Crippen molar-refractivity contribution in [3.05, 3.63) is 22.4 Å². The maximum Gasteiger partial charge on any atom is 0.314 e. The molecule has 0 bridgehead atoms. The number of carbonyl (C=O) groups excluding carboxylic acids is 1. The van der Waals surface area contributed by atoms with E-state index in [9.17, 15) is 9.90 Å². The van der Waals surface area contributed by atoms with Gasteiger partial charge in [0.05, 0.1) is 6.10 Å². The van der Waals surface area contributed by atoms with E-state index in [4.69, 9.17) is 0 Å². The molecule has 0 saturated heterocycles. The van der Waals surface area contributed by atoms with Gasteiger partial charge in [-0.05, 0) is 47.1 Å². The topological polar surface area (TPSA) is 61.4 Å². The predicted octanol–water partition coefficient (Wildman–Crippen LogP) is 3.05. The molecule has 0 radical (unpaired) electrons. The number of amides is 2. The summed E-state index contributed by atoms with van der Waals surface area (Å²) in [7, 11) is 0. The highest BCUT2D eigenvalue weighted by molar-refractivity contribution is 7.07. The SMILES string of the molecule is CCCC1(CNC(=O)NCC(O)c2ccsc2)CCC1. The second-order valence-corrected chi connectivity index (χ2v) is 6.52. The summed E-state index contributed by atoms with van der Waals surface area (Å²) in [5.74, 6) is 0. The molecule has 1 fully saturated rings. The second kappa shape index (κ2) is 7.09.